The third-order valence-electron chi connectivity index (χ3n) is 9.05. The molecule has 2 unspecified atom stereocenters. The second-order valence-corrected chi connectivity index (χ2v) is 11.7. The molecule has 6 atom stereocenters. The summed E-state index contributed by atoms with van der Waals surface area (Å²) in [6.07, 6.45) is 6.31. The summed E-state index contributed by atoms with van der Waals surface area (Å²) in [4.78, 5) is 43.3. The van der Waals surface area contributed by atoms with Gasteiger partial charge in [0, 0.05) is 11.7 Å². The Labute approximate surface area is 213 Å². The van der Waals surface area contributed by atoms with Gasteiger partial charge in [0.1, 0.15) is 11.6 Å². The largest absolute Gasteiger partial charge is 0.394 e. The monoisotopic (exact) mass is 497 g/mol. The van der Waals surface area contributed by atoms with Crippen LogP contribution in [0.1, 0.15) is 65.7 Å². The Morgan fingerprint density at radius 3 is 2.44 bits per heavy atom. The molecule has 0 aromatic heterocycles. The summed E-state index contributed by atoms with van der Waals surface area (Å²) in [5, 5.41) is 16.5. The molecule has 1 saturated carbocycles. The third kappa shape index (κ3) is 3.93. The molecule has 1 aromatic rings. The van der Waals surface area contributed by atoms with Crippen LogP contribution in [0.25, 0.3) is 0 Å². The van der Waals surface area contributed by atoms with Gasteiger partial charge in [-0.05, 0) is 50.7 Å². The Morgan fingerprint density at radius 2 is 1.81 bits per heavy atom. The van der Waals surface area contributed by atoms with Crippen LogP contribution in [0.2, 0.25) is 0 Å². The molecule has 3 amide bonds. The number of aliphatic hydroxyl groups excluding tert-OH is 1. The molecule has 3 heterocycles. The lowest BCUT2D eigenvalue weighted by Crippen LogP contribution is -2.60. The van der Waals surface area contributed by atoms with E-state index in [2.05, 4.69) is 10.6 Å². The molecule has 1 aliphatic carbocycles. The van der Waals surface area contributed by atoms with Gasteiger partial charge >= 0.3 is 0 Å². The zero-order valence-corrected chi connectivity index (χ0v) is 21.5. The maximum absolute atomic E-state index is 14.2. The highest BCUT2D eigenvalue weighted by atomic mass is 16.5. The van der Waals surface area contributed by atoms with Gasteiger partial charge in [0.25, 0.3) is 0 Å². The van der Waals surface area contributed by atoms with Crippen LogP contribution in [0.5, 0.6) is 0 Å². The second-order valence-electron chi connectivity index (χ2n) is 11.7. The van der Waals surface area contributed by atoms with E-state index in [9.17, 15) is 19.5 Å². The topological polar surface area (TPSA) is 108 Å². The highest BCUT2D eigenvalue weighted by molar-refractivity contribution is 6.02. The fraction of sp³-hybridized carbons (Fsp3) is 0.679. The van der Waals surface area contributed by atoms with Gasteiger partial charge < -0.3 is 25.4 Å². The number of anilines is 1. The lowest BCUT2D eigenvalue weighted by molar-refractivity contribution is -0.150. The number of hydrogen-bond acceptors (Lipinski definition) is 5. The van der Waals surface area contributed by atoms with E-state index in [1.54, 1.807) is 4.90 Å². The molecule has 2 bridgehead atoms. The minimum atomic E-state index is -1.08. The molecule has 0 radical (unpaired) electrons. The van der Waals surface area contributed by atoms with E-state index in [1.165, 1.54) is 6.42 Å². The highest BCUT2D eigenvalue weighted by Gasteiger charge is 2.78. The molecule has 3 saturated heterocycles. The molecule has 8 heteroatoms. The normalized spacial score (nSPS) is 34.6. The molecule has 1 spiro atoms. The van der Waals surface area contributed by atoms with E-state index in [-0.39, 0.29) is 36.3 Å². The van der Waals surface area contributed by atoms with Crippen LogP contribution in [0.4, 0.5) is 5.69 Å². The van der Waals surface area contributed by atoms with Gasteiger partial charge in [-0.3, -0.25) is 14.4 Å². The van der Waals surface area contributed by atoms with Gasteiger partial charge in [-0.1, -0.05) is 51.3 Å². The molecule has 1 aromatic carbocycles. The van der Waals surface area contributed by atoms with E-state index in [4.69, 9.17) is 4.74 Å². The van der Waals surface area contributed by atoms with E-state index in [0.717, 1.165) is 25.7 Å². The maximum Gasteiger partial charge on any atom is 0.246 e. The minimum Gasteiger partial charge on any atom is -0.394 e. The first-order chi connectivity index (χ1) is 17.2. The molecule has 4 fully saturated rings. The SMILES string of the molecule is CC(C)[C@H](CO)N1C(=O)[C@@H]2[C@@H](C(=O)Nc3ccccc3)[C@@]3(C)CCC2(O3)C1C(=O)NC1CCCCC1. The number of aliphatic hydroxyl groups is 1. The van der Waals surface area contributed by atoms with Crippen LogP contribution in [0.3, 0.4) is 0 Å². The number of amides is 3. The summed E-state index contributed by atoms with van der Waals surface area (Å²) < 4.78 is 6.67. The van der Waals surface area contributed by atoms with E-state index < -0.39 is 35.1 Å². The van der Waals surface area contributed by atoms with Crippen LogP contribution in [-0.2, 0) is 19.1 Å². The fourth-order valence-electron chi connectivity index (χ4n) is 7.31. The standard InChI is InChI=1S/C28H39N3O5/c1-17(2)20(16-32)31-23(25(34)30-19-12-8-5-9-13-19)28-15-14-27(3,36-28)21(22(28)26(31)35)24(33)29-18-10-6-4-7-11-18/h4,6-7,10-11,17,19-23,32H,5,8-9,12-16H2,1-3H3,(H,29,33)(H,30,34)/t20-,21-,22-,23?,27+,28?/m0/s1. The summed E-state index contributed by atoms with van der Waals surface area (Å²) in [6, 6.07) is 7.87. The van der Waals surface area contributed by atoms with Gasteiger partial charge in [-0.2, -0.15) is 0 Å². The Hall–Kier alpha value is -2.45. The summed E-state index contributed by atoms with van der Waals surface area (Å²) in [5.41, 5.74) is -1.25. The third-order valence-corrected chi connectivity index (χ3v) is 9.05. The Bertz CT molecular complexity index is 1010. The quantitative estimate of drug-likeness (QED) is 0.537. The number of para-hydroxylation sites is 1. The predicted octanol–water partition coefficient (Wildman–Crippen LogP) is 2.86. The minimum absolute atomic E-state index is 0.0662. The van der Waals surface area contributed by atoms with Crippen LogP contribution >= 0.6 is 0 Å². The zero-order valence-electron chi connectivity index (χ0n) is 21.5. The number of carbonyl (C=O) groups excluding carboxylic acids is 3. The number of fused-ring (bicyclic) bond motifs is 1. The van der Waals surface area contributed by atoms with Crippen molar-refractivity contribution in [1.29, 1.82) is 0 Å². The molecule has 3 N–H and O–H groups in total. The second kappa shape index (κ2) is 9.45. The van der Waals surface area contributed by atoms with Crippen molar-refractivity contribution in [2.24, 2.45) is 17.8 Å². The van der Waals surface area contributed by atoms with Crippen LogP contribution in [0, 0.1) is 17.8 Å². The molecule has 3 aliphatic heterocycles. The summed E-state index contributed by atoms with van der Waals surface area (Å²) >= 11 is 0. The lowest BCUT2D eigenvalue weighted by Gasteiger charge is -2.39. The molecule has 5 rings (SSSR count). The number of rotatable bonds is 7. The molecule has 36 heavy (non-hydrogen) atoms. The predicted molar refractivity (Wildman–Crippen MR) is 135 cm³/mol. The van der Waals surface area contributed by atoms with Gasteiger partial charge in [-0.25, -0.2) is 0 Å². The van der Waals surface area contributed by atoms with E-state index in [0.29, 0.717) is 18.5 Å². The molecule has 4 aliphatic rings. The number of nitrogens with zero attached hydrogens (tertiary/aromatic N) is 1. The number of nitrogens with one attached hydrogen (secondary N) is 2. The summed E-state index contributed by atoms with van der Waals surface area (Å²) in [6.45, 7) is 5.52. The van der Waals surface area contributed by atoms with Crippen molar-refractivity contribution in [1.82, 2.24) is 10.2 Å². The zero-order chi connectivity index (χ0) is 25.7. The molecule has 8 nitrogen and oxygen atoms in total. The Balaban J connectivity index is 1.51. The van der Waals surface area contributed by atoms with Gasteiger partial charge in [-0.15, -0.1) is 0 Å². The van der Waals surface area contributed by atoms with Gasteiger partial charge in [0.2, 0.25) is 17.7 Å². The number of ether oxygens (including phenoxy) is 1. The first kappa shape index (κ1) is 25.2. The van der Waals surface area contributed by atoms with Crippen molar-refractivity contribution in [2.45, 2.75) is 95.0 Å². The van der Waals surface area contributed by atoms with Crippen molar-refractivity contribution in [3.05, 3.63) is 30.3 Å². The lowest BCUT2D eigenvalue weighted by atomic mass is 9.66. The summed E-state index contributed by atoms with van der Waals surface area (Å²) in [5.74, 6) is -2.30. The van der Waals surface area contributed by atoms with E-state index in [1.807, 2.05) is 51.1 Å². The molecular weight excluding hydrogens is 458 g/mol. The van der Waals surface area contributed by atoms with E-state index >= 15 is 0 Å². The first-order valence-corrected chi connectivity index (χ1v) is 13.5. The number of hydrogen-bond donors (Lipinski definition) is 3. The number of likely N-dealkylation sites (tertiary alicyclic amines) is 1. The van der Waals surface area contributed by atoms with Crippen molar-refractivity contribution >= 4 is 23.4 Å². The summed E-state index contributed by atoms with van der Waals surface area (Å²) in [7, 11) is 0. The van der Waals surface area contributed by atoms with Crippen LogP contribution in [-0.4, -0.2) is 63.7 Å². The van der Waals surface area contributed by atoms with Crippen molar-refractivity contribution in [2.75, 3.05) is 11.9 Å². The Morgan fingerprint density at radius 1 is 1.11 bits per heavy atom. The molecular formula is C28H39N3O5. The van der Waals surface area contributed by atoms with Gasteiger partial charge in [0.15, 0.2) is 0 Å². The fourth-order valence-corrected chi connectivity index (χ4v) is 7.31. The number of benzene rings is 1. The highest BCUT2D eigenvalue weighted by Crippen LogP contribution is 2.63. The average molecular weight is 498 g/mol. The van der Waals surface area contributed by atoms with Crippen molar-refractivity contribution in [3.63, 3.8) is 0 Å². The molecule has 196 valence electrons. The average Bonchev–Trinajstić information content (AvgIpc) is 3.42. The van der Waals surface area contributed by atoms with Crippen molar-refractivity contribution in [3.8, 4) is 0 Å². The van der Waals surface area contributed by atoms with Crippen LogP contribution < -0.4 is 10.6 Å². The maximum atomic E-state index is 14.2. The van der Waals surface area contributed by atoms with Crippen molar-refractivity contribution < 1.29 is 24.2 Å². The smallest absolute Gasteiger partial charge is 0.246 e. The van der Waals surface area contributed by atoms with Gasteiger partial charge in [0.05, 0.1) is 30.1 Å². The number of carbonyl (C=O) groups is 3. The Kier molecular flexibility index (Phi) is 6.62. The first-order valence-electron chi connectivity index (χ1n) is 13.5. The van der Waals surface area contributed by atoms with Crippen LogP contribution in [0.15, 0.2) is 30.3 Å².